The smallest absolute Gasteiger partial charge is 0.267 e. The molecule has 0 aliphatic rings. The van der Waals surface area contributed by atoms with Gasteiger partial charge in [-0.2, -0.15) is 0 Å². The summed E-state index contributed by atoms with van der Waals surface area (Å²) in [6.07, 6.45) is 0. The maximum absolute atomic E-state index is 14.4. The number of carbonyl (C=O) groups excluding carboxylic acids is 1. The molecule has 9 heteroatoms. The molecule has 0 atom stereocenters. The number of rotatable bonds is 6. The summed E-state index contributed by atoms with van der Waals surface area (Å²) in [5, 5.41) is 3.43. The molecule has 3 aromatic rings. The first-order valence-electron chi connectivity index (χ1n) is 8.42. The van der Waals surface area contributed by atoms with Crippen LogP contribution in [-0.2, 0) is 0 Å². The number of nitrogens with zero attached hydrogens (tertiary/aromatic N) is 1. The van der Waals surface area contributed by atoms with Crippen molar-refractivity contribution in [1.29, 1.82) is 0 Å². The van der Waals surface area contributed by atoms with Crippen LogP contribution in [0.2, 0.25) is 5.02 Å². The van der Waals surface area contributed by atoms with Gasteiger partial charge in [-0.25, -0.2) is 9.37 Å². The van der Waals surface area contributed by atoms with Crippen molar-refractivity contribution >= 4 is 34.5 Å². The van der Waals surface area contributed by atoms with E-state index in [0.717, 1.165) is 11.3 Å². The van der Waals surface area contributed by atoms with E-state index in [2.05, 4.69) is 10.3 Å². The fourth-order valence-electron chi connectivity index (χ4n) is 2.73. The number of thiazole rings is 1. The summed E-state index contributed by atoms with van der Waals surface area (Å²) in [5.41, 5.74) is 1.06. The fourth-order valence-corrected chi connectivity index (χ4v) is 3.99. The molecule has 1 heterocycles. The summed E-state index contributed by atoms with van der Waals surface area (Å²) in [5.74, 6) is 0.256. The second-order valence-electron chi connectivity index (χ2n) is 5.89. The van der Waals surface area contributed by atoms with Gasteiger partial charge in [0, 0.05) is 6.07 Å². The lowest BCUT2D eigenvalue weighted by molar-refractivity contribution is 0.102. The van der Waals surface area contributed by atoms with Gasteiger partial charge in [-0.3, -0.25) is 4.79 Å². The Balaban J connectivity index is 1.96. The van der Waals surface area contributed by atoms with Gasteiger partial charge in [0.2, 0.25) is 0 Å². The van der Waals surface area contributed by atoms with E-state index in [1.54, 1.807) is 25.1 Å². The zero-order valence-electron chi connectivity index (χ0n) is 16.1. The molecule has 0 saturated carbocycles. The van der Waals surface area contributed by atoms with Crippen LogP contribution in [-0.4, -0.2) is 32.2 Å². The minimum absolute atomic E-state index is 0.215. The molecule has 0 saturated heterocycles. The predicted molar refractivity (Wildman–Crippen MR) is 111 cm³/mol. The Kier molecular flexibility index (Phi) is 6.24. The minimum atomic E-state index is -0.478. The predicted octanol–water partition coefficient (Wildman–Crippen LogP) is 5.19. The maximum Gasteiger partial charge on any atom is 0.267 e. The third-order valence-electron chi connectivity index (χ3n) is 4.13. The monoisotopic (exact) mass is 436 g/mol. The molecule has 0 bridgehead atoms. The third-order valence-corrected chi connectivity index (χ3v) is 5.60. The van der Waals surface area contributed by atoms with E-state index in [-0.39, 0.29) is 5.56 Å². The summed E-state index contributed by atoms with van der Waals surface area (Å²) in [6, 6.07) is 7.62. The van der Waals surface area contributed by atoms with Crippen LogP contribution >= 0.6 is 22.9 Å². The van der Waals surface area contributed by atoms with Crippen molar-refractivity contribution in [2.45, 2.75) is 6.92 Å². The first-order chi connectivity index (χ1) is 13.9. The topological polar surface area (TPSA) is 69.7 Å². The molecule has 1 aromatic heterocycles. The normalized spacial score (nSPS) is 10.6. The minimum Gasteiger partial charge on any atom is -0.496 e. The van der Waals surface area contributed by atoms with E-state index >= 15 is 0 Å². The largest absolute Gasteiger partial charge is 0.496 e. The second kappa shape index (κ2) is 8.67. The molecule has 2 aromatic carbocycles. The van der Waals surface area contributed by atoms with Gasteiger partial charge in [-0.15, -0.1) is 11.3 Å². The van der Waals surface area contributed by atoms with Crippen LogP contribution in [0.25, 0.3) is 10.6 Å². The molecule has 0 fully saturated rings. The van der Waals surface area contributed by atoms with Crippen LogP contribution in [0, 0.1) is 12.7 Å². The maximum atomic E-state index is 14.4. The summed E-state index contributed by atoms with van der Waals surface area (Å²) in [4.78, 5) is 17.6. The number of methoxy groups -OCH3 is 3. The Hall–Kier alpha value is -2.84. The van der Waals surface area contributed by atoms with Gasteiger partial charge in [0.15, 0.2) is 0 Å². The second-order valence-corrected chi connectivity index (χ2v) is 7.30. The standard InChI is InChI=1S/C20H18ClFN2O4S/c1-10-18(29-20(23-10)17-12(22)6-5-7-14(17)26-2)19(25)24-13-8-11(21)15(27-3)9-16(13)28-4/h5-9H,1-4H3,(H,24,25). The number of benzene rings is 2. The van der Waals surface area contributed by atoms with E-state index in [9.17, 15) is 9.18 Å². The van der Waals surface area contributed by atoms with Crippen molar-refractivity contribution in [2.75, 3.05) is 26.6 Å². The van der Waals surface area contributed by atoms with Gasteiger partial charge in [0.1, 0.15) is 33.0 Å². The lowest BCUT2D eigenvalue weighted by Crippen LogP contribution is -2.12. The summed E-state index contributed by atoms with van der Waals surface area (Å²) >= 11 is 7.22. The number of ether oxygens (including phenoxy) is 3. The van der Waals surface area contributed by atoms with Crippen LogP contribution in [0.1, 0.15) is 15.4 Å². The molecular weight excluding hydrogens is 419 g/mol. The van der Waals surface area contributed by atoms with E-state index in [0.29, 0.717) is 43.5 Å². The van der Waals surface area contributed by atoms with Gasteiger partial charge in [-0.05, 0) is 25.1 Å². The zero-order chi connectivity index (χ0) is 21.1. The molecule has 0 radical (unpaired) electrons. The quantitative estimate of drug-likeness (QED) is 0.576. The summed E-state index contributed by atoms with van der Waals surface area (Å²) < 4.78 is 30.1. The molecule has 0 aliphatic carbocycles. The zero-order valence-corrected chi connectivity index (χ0v) is 17.7. The molecule has 0 aliphatic heterocycles. The van der Waals surface area contributed by atoms with Crippen molar-refractivity contribution < 1.29 is 23.4 Å². The third kappa shape index (κ3) is 4.13. The van der Waals surface area contributed by atoms with Crippen molar-refractivity contribution in [2.24, 2.45) is 0 Å². The number of amides is 1. The van der Waals surface area contributed by atoms with Crippen molar-refractivity contribution in [3.05, 3.63) is 51.7 Å². The molecule has 6 nitrogen and oxygen atoms in total. The molecule has 3 rings (SSSR count). The first-order valence-corrected chi connectivity index (χ1v) is 9.62. The molecule has 0 unspecified atom stereocenters. The number of hydrogen-bond donors (Lipinski definition) is 1. The average molecular weight is 437 g/mol. The highest BCUT2D eigenvalue weighted by molar-refractivity contribution is 7.17. The Morgan fingerprint density at radius 2 is 1.79 bits per heavy atom. The van der Waals surface area contributed by atoms with Crippen LogP contribution in [0.15, 0.2) is 30.3 Å². The molecule has 29 heavy (non-hydrogen) atoms. The first kappa shape index (κ1) is 20.9. The van der Waals surface area contributed by atoms with Crippen molar-refractivity contribution in [1.82, 2.24) is 4.98 Å². The van der Waals surface area contributed by atoms with Gasteiger partial charge in [0.05, 0.1) is 43.3 Å². The van der Waals surface area contributed by atoms with Crippen molar-refractivity contribution in [3.8, 4) is 27.8 Å². The number of halogens is 2. The lowest BCUT2D eigenvalue weighted by atomic mass is 10.2. The van der Waals surface area contributed by atoms with Crippen LogP contribution in [0.5, 0.6) is 17.2 Å². The molecule has 1 N–H and O–H groups in total. The van der Waals surface area contributed by atoms with E-state index in [1.165, 1.54) is 33.5 Å². The number of aromatic nitrogens is 1. The highest BCUT2D eigenvalue weighted by atomic mass is 35.5. The highest BCUT2D eigenvalue weighted by Gasteiger charge is 2.22. The van der Waals surface area contributed by atoms with Gasteiger partial charge >= 0.3 is 0 Å². The van der Waals surface area contributed by atoms with Gasteiger partial charge in [0.25, 0.3) is 5.91 Å². The van der Waals surface area contributed by atoms with Crippen LogP contribution in [0.4, 0.5) is 10.1 Å². The fraction of sp³-hybridized carbons (Fsp3) is 0.200. The molecule has 0 spiro atoms. The SMILES string of the molecule is COc1cc(OC)c(NC(=O)c2sc(-c3c(F)cccc3OC)nc2C)cc1Cl. The number of hydrogen-bond acceptors (Lipinski definition) is 6. The average Bonchev–Trinajstić information content (AvgIpc) is 3.09. The van der Waals surface area contributed by atoms with Crippen molar-refractivity contribution in [3.63, 3.8) is 0 Å². The van der Waals surface area contributed by atoms with Crippen LogP contribution < -0.4 is 19.5 Å². The number of nitrogens with one attached hydrogen (secondary N) is 1. The van der Waals surface area contributed by atoms with E-state index in [1.807, 2.05) is 0 Å². The molecular formula is C20H18ClFN2O4S. The molecule has 152 valence electrons. The number of aryl methyl sites for hydroxylation is 1. The van der Waals surface area contributed by atoms with Crippen LogP contribution in [0.3, 0.4) is 0 Å². The van der Waals surface area contributed by atoms with Gasteiger partial charge in [-0.1, -0.05) is 17.7 Å². The Morgan fingerprint density at radius 1 is 1.10 bits per heavy atom. The Bertz CT molecular complexity index is 1070. The summed E-state index contributed by atoms with van der Waals surface area (Å²) in [6.45, 7) is 1.68. The number of anilines is 1. The lowest BCUT2D eigenvalue weighted by Gasteiger charge is -2.12. The Morgan fingerprint density at radius 3 is 2.45 bits per heavy atom. The van der Waals surface area contributed by atoms with Gasteiger partial charge < -0.3 is 19.5 Å². The highest BCUT2D eigenvalue weighted by Crippen LogP contribution is 2.38. The summed E-state index contributed by atoms with van der Waals surface area (Å²) in [7, 11) is 4.41. The number of carbonyl (C=O) groups is 1. The van der Waals surface area contributed by atoms with E-state index in [4.69, 9.17) is 25.8 Å². The van der Waals surface area contributed by atoms with E-state index < -0.39 is 11.7 Å². The molecule has 1 amide bonds. The Labute approximate surface area is 176 Å².